The van der Waals surface area contributed by atoms with E-state index in [-0.39, 0.29) is 45.1 Å². The average molecular weight is 609 g/mol. The summed E-state index contributed by atoms with van der Waals surface area (Å²) >= 11 is 2.20. The van der Waals surface area contributed by atoms with E-state index in [4.69, 9.17) is 16.3 Å². The molecule has 3 rings (SSSR count). The van der Waals surface area contributed by atoms with Gasteiger partial charge in [0.05, 0.1) is 34.5 Å². The zero-order chi connectivity index (χ0) is 25.1. The van der Waals surface area contributed by atoms with Crippen LogP contribution in [0.3, 0.4) is 0 Å². The maximum absolute atomic E-state index is 9.62. The first-order valence-corrected chi connectivity index (χ1v) is 11.4. The summed E-state index contributed by atoms with van der Waals surface area (Å²) in [6.45, 7) is 7.52. The van der Waals surface area contributed by atoms with E-state index in [0.717, 1.165) is 25.8 Å². The van der Waals surface area contributed by atoms with Crippen molar-refractivity contribution >= 4 is 40.0 Å². The third-order valence-electron chi connectivity index (χ3n) is 4.59. The van der Waals surface area contributed by atoms with Crippen molar-refractivity contribution in [1.29, 1.82) is 10.5 Å². The van der Waals surface area contributed by atoms with Crippen LogP contribution in [-0.2, 0) is 17.7 Å². The Kier molecular flexibility index (Phi) is 20.1. The summed E-state index contributed by atoms with van der Waals surface area (Å²) in [6.07, 6.45) is 0. The molecule has 36 heavy (non-hydrogen) atoms. The molecule has 0 radical (unpaired) electrons. The fraction of sp³-hybridized carbons (Fsp3) is 0.286. The molecule has 0 aliphatic rings. The first kappa shape index (κ1) is 38.9. The van der Waals surface area contributed by atoms with Gasteiger partial charge in [0.25, 0.3) is 0 Å². The van der Waals surface area contributed by atoms with Crippen molar-refractivity contribution in [2.24, 2.45) is 5.73 Å². The van der Waals surface area contributed by atoms with Crippen molar-refractivity contribution in [3.8, 4) is 12.1 Å². The standard InChI is InChI=1S/C10H15NO.C10H11NO.C7H4IN.CH4.Al.Li.4H/c2*1-10(2,12)9-5-3-8(7-11)4-6-9;8-7-3-1-6(5-9)2-4-7;;;;;;;/h3-6,12H,7,11H2,1-2H3;3-6,12H,1-2H3;1-4H;1H4;;;;;;/q;;;;;+1;;;;-1. The van der Waals surface area contributed by atoms with Crippen LogP contribution in [0.1, 0.15) is 64.4 Å². The van der Waals surface area contributed by atoms with E-state index in [2.05, 4.69) is 28.7 Å². The largest absolute Gasteiger partial charge is 1.00 e. The van der Waals surface area contributed by atoms with E-state index in [0.29, 0.717) is 12.1 Å². The average Bonchev–Trinajstić information content (AvgIpc) is 2.79. The quantitative estimate of drug-likeness (QED) is 0.310. The van der Waals surface area contributed by atoms with Gasteiger partial charge >= 0.3 is 18.9 Å². The summed E-state index contributed by atoms with van der Waals surface area (Å²) in [6, 6.07) is 26.1. The molecule has 0 spiro atoms. The van der Waals surface area contributed by atoms with Gasteiger partial charge in [0.15, 0.2) is 17.4 Å². The van der Waals surface area contributed by atoms with Crippen LogP contribution in [0.4, 0.5) is 0 Å². The molecule has 0 saturated heterocycles. The summed E-state index contributed by atoms with van der Waals surface area (Å²) in [5, 5.41) is 36.1. The Morgan fingerprint density at radius 2 is 1.06 bits per heavy atom. The minimum absolute atomic E-state index is 0. The fourth-order valence-electron chi connectivity index (χ4n) is 2.53. The van der Waals surface area contributed by atoms with Crippen molar-refractivity contribution in [2.45, 2.75) is 52.9 Å². The molecule has 0 aliphatic carbocycles. The molecule has 0 heterocycles. The van der Waals surface area contributed by atoms with E-state index in [1.807, 2.05) is 54.6 Å². The van der Waals surface area contributed by atoms with Crippen LogP contribution in [0.25, 0.3) is 0 Å². The molecule has 0 saturated carbocycles. The molecule has 188 valence electrons. The zero-order valence-electron chi connectivity index (χ0n) is 21.4. The normalized spacial score (nSPS) is 9.61. The van der Waals surface area contributed by atoms with Crippen LogP contribution in [-0.4, -0.2) is 27.6 Å². The maximum Gasteiger partial charge on any atom is 1.00 e. The molecule has 4 N–H and O–H groups in total. The number of aliphatic hydroxyl groups is 2. The first-order chi connectivity index (χ1) is 15.4. The Morgan fingerprint density at radius 3 is 1.33 bits per heavy atom. The molecule has 0 bridgehead atoms. The minimum atomic E-state index is -0.825. The first-order valence-electron chi connectivity index (χ1n) is 10.3. The van der Waals surface area contributed by atoms with Crippen molar-refractivity contribution in [1.82, 2.24) is 0 Å². The summed E-state index contributed by atoms with van der Waals surface area (Å²) in [7, 11) is 0. The van der Waals surface area contributed by atoms with Crippen LogP contribution in [0.2, 0.25) is 0 Å². The number of nitrogens with two attached hydrogens (primary N) is 1. The van der Waals surface area contributed by atoms with Gasteiger partial charge in [-0.25, -0.2) is 0 Å². The van der Waals surface area contributed by atoms with Gasteiger partial charge < -0.3 is 17.4 Å². The molecule has 0 fully saturated rings. The molecule has 0 amide bonds. The summed E-state index contributed by atoms with van der Waals surface area (Å²) < 4.78 is 1.16. The number of nitrogens with zero attached hydrogens (tertiary/aromatic N) is 2. The predicted molar refractivity (Wildman–Crippen MR) is 158 cm³/mol. The van der Waals surface area contributed by atoms with Gasteiger partial charge in [-0.15, -0.1) is 0 Å². The molecule has 0 aliphatic heterocycles. The number of hydrogen-bond acceptors (Lipinski definition) is 5. The number of nitriles is 2. The van der Waals surface area contributed by atoms with Gasteiger partial charge in [0, 0.05) is 10.1 Å². The fourth-order valence-corrected chi connectivity index (χ4v) is 2.89. The Labute approximate surface area is 254 Å². The molecule has 3 aromatic carbocycles. The van der Waals surface area contributed by atoms with Crippen molar-refractivity contribution in [3.63, 3.8) is 0 Å². The number of rotatable bonds is 3. The van der Waals surface area contributed by atoms with Crippen LogP contribution in [0.5, 0.6) is 0 Å². The Morgan fingerprint density at radius 1 is 0.750 bits per heavy atom. The van der Waals surface area contributed by atoms with E-state index < -0.39 is 11.2 Å². The van der Waals surface area contributed by atoms with Gasteiger partial charge in [0.2, 0.25) is 0 Å². The number of halogens is 1. The third kappa shape index (κ3) is 14.8. The number of benzene rings is 3. The molecule has 8 heteroatoms. The Balaban J connectivity index is -0.000000211. The van der Waals surface area contributed by atoms with Gasteiger partial charge in [-0.3, -0.25) is 0 Å². The third-order valence-corrected chi connectivity index (χ3v) is 5.31. The van der Waals surface area contributed by atoms with Crippen molar-refractivity contribution in [3.05, 3.63) is 104 Å². The van der Waals surface area contributed by atoms with Crippen molar-refractivity contribution in [2.75, 3.05) is 0 Å². The van der Waals surface area contributed by atoms with Gasteiger partial charge in [-0.2, -0.15) is 10.5 Å². The summed E-state index contributed by atoms with van der Waals surface area (Å²) in [5.41, 5.74) is 8.02. The Bertz CT molecular complexity index is 1090. The predicted octanol–water partition coefficient (Wildman–Crippen LogP) is 1.89. The Hall–Kier alpha value is -1.62. The molecule has 0 aromatic heterocycles. The van der Waals surface area contributed by atoms with Crippen LogP contribution in [0.15, 0.2) is 72.8 Å². The van der Waals surface area contributed by atoms with E-state index in [9.17, 15) is 10.2 Å². The SMILES string of the molecule is C.CC(C)(O)c1ccc(C#N)cc1.CC(C)(O)c1ccc(CN)cc1.N#Cc1ccc(I)cc1.[AlH3].[H-].[Li+]. The zero-order valence-corrected chi connectivity index (χ0v) is 22.5. The van der Waals surface area contributed by atoms with Crippen LogP contribution < -0.4 is 24.6 Å². The topological polar surface area (TPSA) is 114 Å². The second-order valence-electron chi connectivity index (χ2n) is 8.33. The second-order valence-corrected chi connectivity index (χ2v) is 9.57. The van der Waals surface area contributed by atoms with Crippen LogP contribution in [0, 0.1) is 26.2 Å². The molecule has 3 aromatic rings. The monoisotopic (exact) mass is 609 g/mol. The second kappa shape index (κ2) is 18.6. The van der Waals surface area contributed by atoms with E-state index in [1.54, 1.807) is 52.0 Å². The molecular formula is C28H38AlILiN3O2. The molecule has 0 unspecified atom stereocenters. The van der Waals surface area contributed by atoms with Crippen LogP contribution >= 0.6 is 22.6 Å². The minimum Gasteiger partial charge on any atom is -1.00 e. The summed E-state index contributed by atoms with van der Waals surface area (Å²) in [4.78, 5) is 0. The molecule has 5 nitrogen and oxygen atoms in total. The molecule has 0 atom stereocenters. The van der Waals surface area contributed by atoms with E-state index >= 15 is 0 Å². The summed E-state index contributed by atoms with van der Waals surface area (Å²) in [5.74, 6) is 0. The number of hydrogen-bond donors (Lipinski definition) is 3. The van der Waals surface area contributed by atoms with Gasteiger partial charge in [-0.05, 0) is 103 Å². The molecular weight excluding hydrogens is 571 g/mol. The maximum atomic E-state index is 9.62. The van der Waals surface area contributed by atoms with E-state index in [1.165, 1.54) is 0 Å². The van der Waals surface area contributed by atoms with Gasteiger partial charge in [0.1, 0.15) is 0 Å². The smallest absolute Gasteiger partial charge is 1.00 e. The van der Waals surface area contributed by atoms with Gasteiger partial charge in [-0.1, -0.05) is 43.8 Å². The van der Waals surface area contributed by atoms with Crippen molar-refractivity contribution < 1.29 is 30.5 Å².